The molecular formula is C12H8AlIN2O4. The highest BCUT2D eigenvalue weighted by atomic mass is 127. The number of fused-ring (bicyclic) bond motifs is 2. The highest BCUT2D eigenvalue weighted by Crippen LogP contribution is 2.14. The van der Waals surface area contributed by atoms with Crippen LogP contribution in [0.15, 0.2) is 31.3 Å². The molecule has 2 aromatic heterocycles. The summed E-state index contributed by atoms with van der Waals surface area (Å²) in [5.41, 5.74) is -1.61. The van der Waals surface area contributed by atoms with Crippen LogP contribution in [0.4, 0.5) is 0 Å². The van der Waals surface area contributed by atoms with Crippen molar-refractivity contribution in [2.45, 2.75) is 5.79 Å². The molecule has 0 aliphatic rings. The maximum atomic E-state index is 12.2. The summed E-state index contributed by atoms with van der Waals surface area (Å²) in [6.45, 7) is 0. The Morgan fingerprint density at radius 1 is 0.850 bits per heavy atom. The third kappa shape index (κ3) is 1.62. The van der Waals surface area contributed by atoms with Crippen LogP contribution >= 0.6 is 20.3 Å². The van der Waals surface area contributed by atoms with Crippen LogP contribution in [-0.2, 0) is 7.05 Å². The first-order valence-electron chi connectivity index (χ1n) is 5.87. The fourth-order valence-corrected chi connectivity index (χ4v) is 4.88. The lowest BCUT2D eigenvalue weighted by atomic mass is 10.1. The van der Waals surface area contributed by atoms with Crippen molar-refractivity contribution in [3.8, 4) is 0 Å². The number of nitrogens with zero attached hydrogens (tertiary/aromatic N) is 2. The average molecular weight is 398 g/mol. The van der Waals surface area contributed by atoms with Gasteiger partial charge in [0.15, 0.2) is 0 Å². The SMILES string of the molecule is Cn1c(=O)c2cc3c(=O)[n]([Al]([CH3])[I])c(=O)c3cc2c1=O. The highest BCUT2D eigenvalue weighted by molar-refractivity contribution is 14.1. The van der Waals surface area contributed by atoms with E-state index in [0.717, 1.165) is 4.57 Å². The molecule has 0 N–H and O–H groups in total. The molecule has 0 aliphatic heterocycles. The van der Waals surface area contributed by atoms with Gasteiger partial charge < -0.3 is 3.55 Å². The molecule has 0 aliphatic carbocycles. The maximum Gasteiger partial charge on any atom is 0.511 e. The predicted molar refractivity (Wildman–Crippen MR) is 86.9 cm³/mol. The summed E-state index contributed by atoms with van der Waals surface area (Å²) in [6.07, 6.45) is 0. The Kier molecular flexibility index (Phi) is 3.01. The lowest BCUT2D eigenvalue weighted by Crippen LogP contribution is -2.33. The first-order valence-corrected chi connectivity index (χ1v) is 11.7. The molecule has 0 saturated heterocycles. The van der Waals surface area contributed by atoms with Crippen LogP contribution < -0.4 is 22.2 Å². The summed E-state index contributed by atoms with van der Waals surface area (Å²) < 4.78 is 2.25. The van der Waals surface area contributed by atoms with Crippen molar-refractivity contribution >= 4 is 52.9 Å². The van der Waals surface area contributed by atoms with Gasteiger partial charge in [0, 0.05) is 7.05 Å². The fraction of sp³-hybridized carbons (Fsp3) is 0.167. The molecule has 0 fully saturated rings. The number of hydrogen-bond acceptors (Lipinski definition) is 4. The van der Waals surface area contributed by atoms with E-state index in [1.807, 2.05) is 5.79 Å². The smallest absolute Gasteiger partial charge is 0.359 e. The van der Waals surface area contributed by atoms with Crippen molar-refractivity contribution < 1.29 is 0 Å². The van der Waals surface area contributed by atoms with E-state index in [1.54, 1.807) is 0 Å². The molecular weight excluding hydrogens is 390 g/mol. The second-order valence-corrected chi connectivity index (χ2v) is 11.7. The molecule has 0 atom stereocenters. The van der Waals surface area contributed by atoms with E-state index in [0.29, 0.717) is 0 Å². The molecule has 0 bridgehead atoms. The van der Waals surface area contributed by atoms with Crippen molar-refractivity contribution in [3.63, 3.8) is 0 Å². The molecule has 3 rings (SSSR count). The monoisotopic (exact) mass is 398 g/mol. The number of halogens is 1. The first-order chi connectivity index (χ1) is 9.34. The summed E-state index contributed by atoms with van der Waals surface area (Å²) in [6, 6.07) is 2.75. The third-order valence-corrected chi connectivity index (χ3v) is 6.33. The van der Waals surface area contributed by atoms with E-state index < -0.39 is 22.2 Å². The molecule has 1 aromatic carbocycles. The number of benzene rings is 1. The zero-order valence-corrected chi connectivity index (χ0v) is 13.9. The van der Waals surface area contributed by atoms with Gasteiger partial charge in [0.1, 0.15) is 0 Å². The van der Waals surface area contributed by atoms with Crippen molar-refractivity contribution in [3.05, 3.63) is 53.5 Å². The van der Waals surface area contributed by atoms with E-state index in [2.05, 4.69) is 20.3 Å². The molecule has 100 valence electrons. The summed E-state index contributed by atoms with van der Waals surface area (Å²) in [7, 11) is 1.38. The van der Waals surface area contributed by atoms with Gasteiger partial charge >= 0.3 is 11.1 Å². The molecule has 20 heavy (non-hydrogen) atoms. The normalized spacial score (nSPS) is 11.6. The van der Waals surface area contributed by atoms with Gasteiger partial charge in [-0.15, -0.1) is 0 Å². The molecule has 0 spiro atoms. The predicted octanol–water partition coefficient (Wildman–Crippen LogP) is -0.149. The zero-order valence-electron chi connectivity index (χ0n) is 10.6. The number of aromatic nitrogens is 2. The average Bonchev–Trinajstić information content (AvgIpc) is 2.77. The van der Waals surface area contributed by atoms with Crippen LogP contribution in [0.2, 0.25) is 5.79 Å². The Balaban J connectivity index is 2.66. The molecule has 8 heteroatoms. The second-order valence-electron chi connectivity index (χ2n) is 4.67. The Hall–Kier alpha value is -1.24. The first kappa shape index (κ1) is 13.7. The van der Waals surface area contributed by atoms with Gasteiger partial charge in [0.25, 0.3) is 11.1 Å². The van der Waals surface area contributed by atoms with E-state index >= 15 is 0 Å². The van der Waals surface area contributed by atoms with Crippen molar-refractivity contribution in [1.29, 1.82) is 0 Å². The molecule has 0 unspecified atom stereocenters. The van der Waals surface area contributed by atoms with E-state index in [4.69, 9.17) is 0 Å². The molecule has 6 nitrogen and oxygen atoms in total. The van der Waals surface area contributed by atoms with Crippen LogP contribution in [0.5, 0.6) is 0 Å². The maximum absolute atomic E-state index is 12.2. The Labute approximate surface area is 127 Å². The fourth-order valence-electron chi connectivity index (χ4n) is 2.44. The van der Waals surface area contributed by atoms with Gasteiger partial charge in [0.2, 0.25) is 11.1 Å². The highest BCUT2D eigenvalue weighted by Gasteiger charge is 2.22. The molecule has 0 amide bonds. The second kappa shape index (κ2) is 4.38. The van der Waals surface area contributed by atoms with Crippen LogP contribution in [0, 0.1) is 0 Å². The van der Waals surface area contributed by atoms with Gasteiger partial charge in [-0.3, -0.25) is 23.7 Å². The Bertz CT molecular complexity index is 991. The summed E-state index contributed by atoms with van der Waals surface area (Å²) in [5, 5.41) is 0.839. The summed E-state index contributed by atoms with van der Waals surface area (Å²) >= 11 is 0.439. The number of hydrogen-bond donors (Lipinski definition) is 0. The van der Waals surface area contributed by atoms with Gasteiger partial charge in [-0.05, 0) is 12.1 Å². The van der Waals surface area contributed by atoms with E-state index in [9.17, 15) is 19.2 Å². The lowest BCUT2D eigenvalue weighted by Gasteiger charge is -1.94. The van der Waals surface area contributed by atoms with Crippen LogP contribution in [-0.4, -0.2) is 19.2 Å². The third-order valence-electron chi connectivity index (χ3n) is 3.48. The standard InChI is InChI=1S/C11H6N2O4.CH3.Al.HI/c1-13-10(16)6-2-4-5(3-7(6)11(13)17)9(15)12-8(4)14;;;/h2-3H,1H3,(H,12,14,15);1H3;;1H/q;;+2;/p-2. The molecule has 0 radical (unpaired) electrons. The van der Waals surface area contributed by atoms with E-state index in [-0.39, 0.29) is 32.7 Å². The van der Waals surface area contributed by atoms with Gasteiger partial charge in [-0.1, -0.05) is 5.79 Å². The van der Waals surface area contributed by atoms with E-state index in [1.165, 1.54) is 22.7 Å². The van der Waals surface area contributed by atoms with Crippen LogP contribution in [0.1, 0.15) is 0 Å². The Morgan fingerprint density at radius 3 is 1.55 bits per heavy atom. The zero-order chi connectivity index (χ0) is 14.8. The number of rotatable bonds is 1. The topological polar surface area (TPSA) is 78.1 Å². The minimum absolute atomic E-state index is 0.196. The molecule has 0 saturated carbocycles. The van der Waals surface area contributed by atoms with Crippen molar-refractivity contribution in [2.75, 3.05) is 0 Å². The minimum atomic E-state index is -1.67. The van der Waals surface area contributed by atoms with Gasteiger partial charge in [0.05, 0.1) is 21.5 Å². The van der Waals surface area contributed by atoms with Gasteiger partial charge in [-0.25, -0.2) is 0 Å². The minimum Gasteiger partial charge on any atom is -0.359 e. The van der Waals surface area contributed by atoms with Crippen molar-refractivity contribution in [1.82, 2.24) is 8.12 Å². The van der Waals surface area contributed by atoms with Crippen molar-refractivity contribution in [2.24, 2.45) is 7.05 Å². The van der Waals surface area contributed by atoms with Crippen LogP contribution in [0.25, 0.3) is 21.5 Å². The quantitative estimate of drug-likeness (QED) is 0.422. The summed E-state index contributed by atoms with van der Waals surface area (Å²) in [5.74, 6) is 1.86. The molecule has 2 heterocycles. The van der Waals surface area contributed by atoms with Gasteiger partial charge in [-0.2, -0.15) is 20.3 Å². The summed E-state index contributed by atoms with van der Waals surface area (Å²) in [4.78, 5) is 48.3. The lowest BCUT2D eigenvalue weighted by molar-refractivity contribution is 0.856. The Morgan fingerprint density at radius 2 is 1.20 bits per heavy atom. The molecule has 3 aromatic rings. The van der Waals surface area contributed by atoms with Crippen LogP contribution in [0.3, 0.4) is 0 Å². The largest absolute Gasteiger partial charge is 0.511 e.